The molecule has 17 nitrogen and oxygen atoms in total. The van der Waals surface area contributed by atoms with Gasteiger partial charge in [-0.3, -0.25) is 14.1 Å². The van der Waals surface area contributed by atoms with Crippen molar-refractivity contribution >= 4 is 45.7 Å². The van der Waals surface area contributed by atoms with Crippen molar-refractivity contribution in [1.82, 2.24) is 14.5 Å². The fourth-order valence-corrected chi connectivity index (χ4v) is 7.25. The van der Waals surface area contributed by atoms with Crippen LogP contribution < -0.4 is 15.8 Å². The van der Waals surface area contributed by atoms with Crippen LogP contribution in [0.25, 0.3) is 0 Å². The van der Waals surface area contributed by atoms with Gasteiger partial charge >= 0.3 is 16.3 Å². The number of hydrogen-bond acceptors (Lipinski definition) is 12. The number of β-lactam (4-membered cyclic amide) rings is 1. The molecule has 1 aromatic rings. The van der Waals surface area contributed by atoms with Crippen LogP contribution in [-0.2, 0) is 35.9 Å². The van der Waals surface area contributed by atoms with Gasteiger partial charge in [-0.15, -0.1) is 6.58 Å². The van der Waals surface area contributed by atoms with Crippen LogP contribution in [0.2, 0.25) is 0 Å². The maximum atomic E-state index is 13.7. The first-order chi connectivity index (χ1) is 25.3. The summed E-state index contributed by atoms with van der Waals surface area (Å²) in [6, 6.07) is 1.62. The van der Waals surface area contributed by atoms with Gasteiger partial charge in [0.25, 0.3) is 17.8 Å². The number of phenols is 1. The maximum absolute atomic E-state index is 13.7. The van der Waals surface area contributed by atoms with Crippen molar-refractivity contribution in [3.8, 4) is 11.5 Å². The number of phenolic OH excluding ortho intramolecular Hbond substituents is 1. The number of benzene rings is 1. The molecule has 2 aliphatic heterocycles. The molecule has 18 heteroatoms. The molecule has 294 valence electrons. The molecule has 4 atom stereocenters. The Morgan fingerprint density at radius 2 is 1.98 bits per heavy atom. The van der Waals surface area contributed by atoms with Crippen LogP contribution in [0.4, 0.5) is 0 Å². The molecular weight excluding hydrogens is 723 g/mol. The molecule has 0 radical (unpaired) electrons. The van der Waals surface area contributed by atoms with E-state index in [1.54, 1.807) is 12.1 Å². The van der Waals surface area contributed by atoms with E-state index in [2.05, 4.69) is 40.0 Å². The molecule has 3 aliphatic rings. The molecule has 2 heterocycles. The molecule has 0 spiro atoms. The zero-order valence-corrected chi connectivity index (χ0v) is 32.1. The monoisotopic (exact) mass is 771 g/mol. The number of rotatable bonds is 15. The quantitative estimate of drug-likeness (QED) is 0.0328. The molecule has 0 bridgehead atoms. The molecule has 1 unspecified atom stereocenters. The molecule has 0 aromatic heterocycles. The van der Waals surface area contributed by atoms with Crippen LogP contribution in [0, 0.1) is 5.92 Å². The van der Waals surface area contributed by atoms with Gasteiger partial charge in [0.2, 0.25) is 5.60 Å². The lowest BCUT2D eigenvalue weighted by Crippen LogP contribution is -2.77. The number of carboxylic acids is 1. The van der Waals surface area contributed by atoms with Crippen LogP contribution in [0.3, 0.4) is 0 Å². The summed E-state index contributed by atoms with van der Waals surface area (Å²) in [5.74, 6) is -3.70. The van der Waals surface area contributed by atoms with Crippen molar-refractivity contribution in [2.45, 2.75) is 96.4 Å². The first-order valence-electron chi connectivity index (χ1n) is 17.5. The highest BCUT2D eigenvalue weighted by Crippen LogP contribution is 2.45. The van der Waals surface area contributed by atoms with Gasteiger partial charge in [0, 0.05) is 32.0 Å². The summed E-state index contributed by atoms with van der Waals surface area (Å²) in [5, 5.41) is 27.1. The molecule has 54 heavy (non-hydrogen) atoms. The Bertz CT molecular complexity index is 1940. The number of amidine groups is 2. The average molecular weight is 772 g/mol. The minimum atomic E-state index is -5.19. The zero-order valence-electron chi connectivity index (χ0n) is 31.3. The number of likely N-dealkylation sites (N-methyl/N-ethyl adjacent to an activating group) is 1. The van der Waals surface area contributed by atoms with E-state index in [1.807, 2.05) is 13.0 Å². The Morgan fingerprint density at radius 3 is 2.56 bits per heavy atom. The molecule has 1 saturated heterocycles. The molecule has 2 amide bonds. The standard InChI is InChI=1S/C36H49N7O10S/c1-8-10-11-12-21-18-25(44)28(23-17-20(3)13-14-22(23)9-2)26(19-21)52-35(38-6)42(7)32-30(33(46)43(32)54(49,50)51)40-31(45)29(24-15-16-27(37)39-24)41-53-36(4,5)34(47)48/h9,15,17-19,22-23,30,32,44H,2,8,10-14,16H2,1,3-7H3,(H2,37,39)(H,40,45)(H,47,48)(H,49,50,51)/b38-35?,41-29-/t22-,23-,30+,32?/m1/s1. The normalized spacial score (nSPS) is 22.1. The average Bonchev–Trinajstić information content (AvgIpc) is 3.52. The summed E-state index contributed by atoms with van der Waals surface area (Å²) >= 11 is 0. The molecule has 1 fully saturated rings. The SMILES string of the molecule is C=C[C@@H]1CCC(C)=C[C@H]1c1c(O)cc(CCCCC)cc1OC(=NC)N(C)C1[C@H](NC(=O)/C(=N\OC(C)(C)C(=O)O)C2=CCC(N)=N2)C(=O)N1S(=O)(=O)O. The lowest BCUT2D eigenvalue weighted by molar-refractivity contribution is -0.161. The Morgan fingerprint density at radius 1 is 1.28 bits per heavy atom. The van der Waals surface area contributed by atoms with Crippen LogP contribution in [-0.4, -0.2) is 99.6 Å². The molecule has 6 N–H and O–H groups in total. The highest BCUT2D eigenvalue weighted by atomic mass is 32.2. The molecular formula is C36H49N7O10S. The molecule has 4 rings (SSSR count). The number of nitrogens with zero attached hydrogens (tertiary/aromatic N) is 5. The third-order valence-corrected chi connectivity index (χ3v) is 10.3. The minimum absolute atomic E-state index is 0.00643. The van der Waals surface area contributed by atoms with Crippen molar-refractivity contribution in [2.24, 2.45) is 26.8 Å². The van der Waals surface area contributed by atoms with Crippen LogP contribution in [0.5, 0.6) is 11.5 Å². The number of carbonyl (C=O) groups is 3. The second-order valence-corrected chi connectivity index (χ2v) is 15.2. The van der Waals surface area contributed by atoms with Gasteiger partial charge in [0.1, 0.15) is 17.3 Å². The van der Waals surface area contributed by atoms with Crippen molar-refractivity contribution in [3.63, 3.8) is 0 Å². The van der Waals surface area contributed by atoms with Gasteiger partial charge in [-0.05, 0) is 76.1 Å². The lowest BCUT2D eigenvalue weighted by Gasteiger charge is -2.48. The first-order valence-corrected chi connectivity index (χ1v) is 18.9. The third kappa shape index (κ3) is 9.10. The van der Waals surface area contributed by atoms with Gasteiger partial charge in [-0.1, -0.05) is 42.6 Å². The molecule has 1 aromatic carbocycles. The molecule has 0 saturated carbocycles. The van der Waals surface area contributed by atoms with E-state index < -0.39 is 51.6 Å². The van der Waals surface area contributed by atoms with Crippen molar-refractivity contribution in [1.29, 1.82) is 0 Å². The number of nitrogens with one attached hydrogen (secondary N) is 1. The number of hydrogen-bond donors (Lipinski definition) is 5. The Hall–Kier alpha value is -5.23. The summed E-state index contributed by atoms with van der Waals surface area (Å²) in [4.78, 5) is 53.2. The van der Waals surface area contributed by atoms with Gasteiger partial charge in [-0.2, -0.15) is 12.7 Å². The minimum Gasteiger partial charge on any atom is -0.507 e. The van der Waals surface area contributed by atoms with E-state index >= 15 is 0 Å². The Labute approximate surface area is 314 Å². The van der Waals surface area contributed by atoms with Gasteiger partial charge < -0.3 is 35.7 Å². The van der Waals surface area contributed by atoms with Crippen molar-refractivity contribution in [2.75, 3.05) is 14.1 Å². The summed E-state index contributed by atoms with van der Waals surface area (Å²) in [6.45, 7) is 10.5. The summed E-state index contributed by atoms with van der Waals surface area (Å²) in [7, 11) is -2.49. The number of aryl methyl sites for hydroxylation is 1. The lowest BCUT2D eigenvalue weighted by atomic mass is 9.76. The maximum Gasteiger partial charge on any atom is 0.364 e. The van der Waals surface area contributed by atoms with Crippen LogP contribution in [0.15, 0.2) is 63.4 Å². The number of oxime groups is 1. The summed E-state index contributed by atoms with van der Waals surface area (Å²) < 4.78 is 41.7. The first kappa shape index (κ1) is 41.5. The van der Waals surface area contributed by atoms with E-state index in [0.717, 1.165) is 48.1 Å². The second-order valence-electron chi connectivity index (χ2n) is 13.9. The number of carbonyl (C=O) groups excluding carboxylic acids is 2. The number of aromatic hydroxyl groups is 1. The fraction of sp³-hybridized carbons (Fsp3) is 0.500. The second kappa shape index (κ2) is 16.8. The van der Waals surface area contributed by atoms with Crippen LogP contribution >= 0.6 is 0 Å². The van der Waals surface area contributed by atoms with E-state index in [1.165, 1.54) is 34.0 Å². The number of aliphatic imine (C=N–C) groups is 2. The smallest absolute Gasteiger partial charge is 0.364 e. The Balaban J connectivity index is 1.73. The van der Waals surface area contributed by atoms with Crippen molar-refractivity contribution < 1.29 is 47.1 Å². The number of carboxylic acid groups (broad SMARTS) is 1. The summed E-state index contributed by atoms with van der Waals surface area (Å²) in [6.07, 6.45) is 8.92. The van der Waals surface area contributed by atoms with E-state index in [4.69, 9.17) is 15.3 Å². The Kier molecular flexibility index (Phi) is 13.0. The predicted molar refractivity (Wildman–Crippen MR) is 201 cm³/mol. The largest absolute Gasteiger partial charge is 0.507 e. The highest BCUT2D eigenvalue weighted by Gasteiger charge is 2.57. The van der Waals surface area contributed by atoms with Gasteiger partial charge in [0.15, 0.2) is 17.9 Å². The van der Waals surface area contributed by atoms with E-state index in [0.29, 0.717) is 12.0 Å². The van der Waals surface area contributed by atoms with Gasteiger partial charge in [0.05, 0.1) is 5.70 Å². The summed E-state index contributed by atoms with van der Waals surface area (Å²) in [5.41, 5.74) is 5.66. The zero-order chi connectivity index (χ0) is 40.1. The number of allylic oxidation sites excluding steroid dienone is 3. The number of ether oxygens (including phenoxy) is 1. The number of nitrogens with two attached hydrogens (primary N) is 1. The highest BCUT2D eigenvalue weighted by molar-refractivity contribution is 7.84. The van der Waals surface area contributed by atoms with Crippen LogP contribution in [0.1, 0.15) is 83.3 Å². The fourth-order valence-electron chi connectivity index (χ4n) is 6.37. The number of amides is 2. The van der Waals surface area contributed by atoms with E-state index in [-0.39, 0.29) is 51.6 Å². The third-order valence-electron chi connectivity index (χ3n) is 9.44. The van der Waals surface area contributed by atoms with Crippen molar-refractivity contribution in [3.05, 3.63) is 59.3 Å². The molecule has 1 aliphatic carbocycles. The number of aliphatic carboxylic acids is 1. The number of unbranched alkanes of at least 4 members (excludes halogenated alkanes) is 2. The topological polar surface area (TPSA) is 246 Å². The van der Waals surface area contributed by atoms with E-state index in [9.17, 15) is 37.6 Å². The van der Waals surface area contributed by atoms with Gasteiger partial charge in [-0.25, -0.2) is 14.8 Å². The predicted octanol–water partition coefficient (Wildman–Crippen LogP) is 3.38.